The molecule has 0 aromatic rings. The van der Waals surface area contributed by atoms with E-state index in [4.69, 9.17) is 0 Å². The maximum atomic E-state index is 9.24. The molecule has 0 heterocycles. The van der Waals surface area contributed by atoms with Crippen LogP contribution in [0.2, 0.25) is 0 Å². The first-order valence-corrected chi connectivity index (χ1v) is 8.06. The molecule has 0 radical (unpaired) electrons. The number of hydrogen-bond donors (Lipinski definition) is 1. The van der Waals surface area contributed by atoms with E-state index in [1.165, 1.54) is 32.1 Å². The van der Waals surface area contributed by atoms with Crippen LogP contribution in [0.5, 0.6) is 0 Å². The van der Waals surface area contributed by atoms with Crippen molar-refractivity contribution in [3.8, 4) is 0 Å². The molecule has 0 saturated carbocycles. The SMILES string of the molecule is CCC.CCC(C)CCC(C)C(C)CCC(C)O. The average molecular weight is 258 g/mol. The molecule has 0 aliphatic rings. The fourth-order valence-corrected chi connectivity index (χ4v) is 1.82. The van der Waals surface area contributed by atoms with E-state index in [1.54, 1.807) is 0 Å². The Hall–Kier alpha value is -0.0400. The van der Waals surface area contributed by atoms with Crippen LogP contribution in [0, 0.1) is 17.8 Å². The third kappa shape index (κ3) is 14.0. The maximum absolute atomic E-state index is 9.24. The van der Waals surface area contributed by atoms with Gasteiger partial charge in [-0.3, -0.25) is 0 Å². The molecule has 0 aliphatic carbocycles. The first-order chi connectivity index (χ1) is 8.38. The second-order valence-corrected chi connectivity index (χ2v) is 6.18. The van der Waals surface area contributed by atoms with E-state index in [1.807, 2.05) is 6.92 Å². The fraction of sp³-hybridized carbons (Fsp3) is 1.00. The summed E-state index contributed by atoms with van der Waals surface area (Å²) in [6, 6.07) is 0. The van der Waals surface area contributed by atoms with E-state index in [2.05, 4.69) is 41.5 Å². The highest BCUT2D eigenvalue weighted by atomic mass is 16.3. The predicted octanol–water partition coefficient (Wildman–Crippen LogP) is 5.66. The molecule has 1 nitrogen and oxygen atoms in total. The van der Waals surface area contributed by atoms with Crippen LogP contribution in [0.25, 0.3) is 0 Å². The van der Waals surface area contributed by atoms with Crippen LogP contribution in [0.15, 0.2) is 0 Å². The van der Waals surface area contributed by atoms with Gasteiger partial charge in [-0.1, -0.05) is 67.2 Å². The van der Waals surface area contributed by atoms with Gasteiger partial charge < -0.3 is 5.11 Å². The first-order valence-electron chi connectivity index (χ1n) is 8.06. The quantitative estimate of drug-likeness (QED) is 0.595. The number of aliphatic hydroxyl groups is 1. The summed E-state index contributed by atoms with van der Waals surface area (Å²) in [6.45, 7) is 15.4. The van der Waals surface area contributed by atoms with Gasteiger partial charge in [0.2, 0.25) is 0 Å². The molecule has 0 aliphatic heterocycles. The highest BCUT2D eigenvalue weighted by Gasteiger charge is 2.13. The van der Waals surface area contributed by atoms with Gasteiger partial charge in [0.1, 0.15) is 0 Å². The van der Waals surface area contributed by atoms with E-state index in [0.29, 0.717) is 0 Å². The van der Waals surface area contributed by atoms with Gasteiger partial charge in [-0.05, 0) is 37.5 Å². The smallest absolute Gasteiger partial charge is 0.0512 e. The van der Waals surface area contributed by atoms with Crippen LogP contribution < -0.4 is 0 Å². The highest BCUT2D eigenvalue weighted by molar-refractivity contribution is 4.65. The molecule has 0 fully saturated rings. The van der Waals surface area contributed by atoms with Crippen LogP contribution in [-0.4, -0.2) is 11.2 Å². The summed E-state index contributed by atoms with van der Waals surface area (Å²) in [6.07, 6.45) is 7.24. The summed E-state index contributed by atoms with van der Waals surface area (Å²) in [5, 5.41) is 9.24. The second kappa shape index (κ2) is 13.4. The van der Waals surface area contributed by atoms with E-state index >= 15 is 0 Å². The maximum Gasteiger partial charge on any atom is 0.0512 e. The van der Waals surface area contributed by atoms with Gasteiger partial charge in [0.15, 0.2) is 0 Å². The molecule has 0 spiro atoms. The van der Waals surface area contributed by atoms with Crippen molar-refractivity contribution < 1.29 is 5.11 Å². The lowest BCUT2D eigenvalue weighted by atomic mass is 9.85. The zero-order chi connectivity index (χ0) is 14.6. The Labute approximate surface area is 116 Å². The van der Waals surface area contributed by atoms with Crippen molar-refractivity contribution in [3.63, 3.8) is 0 Å². The van der Waals surface area contributed by atoms with Crippen molar-refractivity contribution in [1.29, 1.82) is 0 Å². The molecule has 112 valence electrons. The Morgan fingerprint density at radius 1 is 0.722 bits per heavy atom. The van der Waals surface area contributed by atoms with Crippen molar-refractivity contribution in [3.05, 3.63) is 0 Å². The Bertz CT molecular complexity index is 154. The zero-order valence-electron chi connectivity index (χ0n) is 14.0. The van der Waals surface area contributed by atoms with Crippen LogP contribution in [0.1, 0.15) is 87.0 Å². The largest absolute Gasteiger partial charge is 0.393 e. The topological polar surface area (TPSA) is 20.2 Å². The van der Waals surface area contributed by atoms with E-state index in [-0.39, 0.29) is 6.10 Å². The number of rotatable bonds is 8. The molecule has 1 heteroatoms. The summed E-state index contributed by atoms with van der Waals surface area (Å²) in [5.41, 5.74) is 0. The third-order valence-electron chi connectivity index (χ3n) is 3.82. The monoisotopic (exact) mass is 258 g/mol. The lowest BCUT2D eigenvalue weighted by Crippen LogP contribution is -2.12. The van der Waals surface area contributed by atoms with Crippen LogP contribution >= 0.6 is 0 Å². The Morgan fingerprint density at radius 2 is 1.11 bits per heavy atom. The molecule has 0 aromatic heterocycles. The molecule has 4 atom stereocenters. The summed E-state index contributed by atoms with van der Waals surface area (Å²) < 4.78 is 0. The number of hydrogen-bond acceptors (Lipinski definition) is 1. The lowest BCUT2D eigenvalue weighted by Gasteiger charge is -2.21. The van der Waals surface area contributed by atoms with Crippen LogP contribution in [-0.2, 0) is 0 Å². The lowest BCUT2D eigenvalue weighted by molar-refractivity contribution is 0.166. The molecule has 4 unspecified atom stereocenters. The van der Waals surface area contributed by atoms with Crippen molar-refractivity contribution in [2.24, 2.45) is 17.8 Å². The second-order valence-electron chi connectivity index (χ2n) is 6.18. The zero-order valence-corrected chi connectivity index (χ0v) is 14.0. The van der Waals surface area contributed by atoms with Gasteiger partial charge in [-0.2, -0.15) is 0 Å². The van der Waals surface area contributed by atoms with Gasteiger partial charge in [0, 0.05) is 0 Å². The Kier molecular flexibility index (Phi) is 15.1. The molecule has 0 saturated heterocycles. The molecule has 0 bridgehead atoms. The minimum Gasteiger partial charge on any atom is -0.393 e. The predicted molar refractivity (Wildman–Crippen MR) is 83.9 cm³/mol. The van der Waals surface area contributed by atoms with Gasteiger partial charge in [0.25, 0.3) is 0 Å². The van der Waals surface area contributed by atoms with E-state index in [0.717, 1.165) is 24.2 Å². The third-order valence-corrected chi connectivity index (χ3v) is 3.82. The molecular weight excluding hydrogens is 220 g/mol. The summed E-state index contributed by atoms with van der Waals surface area (Å²) in [4.78, 5) is 0. The standard InChI is InChI=1S/C14H30O.C3H8/c1-6-11(2)7-8-12(3)13(4)9-10-14(5)15;1-3-2/h11-15H,6-10H2,1-5H3;3H2,1-2H3. The van der Waals surface area contributed by atoms with Crippen LogP contribution in [0.4, 0.5) is 0 Å². The van der Waals surface area contributed by atoms with Gasteiger partial charge in [-0.25, -0.2) is 0 Å². The first kappa shape index (κ1) is 20.3. The average Bonchev–Trinajstić information content (AvgIpc) is 2.33. The van der Waals surface area contributed by atoms with Crippen molar-refractivity contribution >= 4 is 0 Å². The van der Waals surface area contributed by atoms with Crippen molar-refractivity contribution in [2.45, 2.75) is 93.1 Å². The Balaban J connectivity index is 0. The van der Waals surface area contributed by atoms with E-state index in [9.17, 15) is 5.11 Å². The van der Waals surface area contributed by atoms with Crippen molar-refractivity contribution in [1.82, 2.24) is 0 Å². The Morgan fingerprint density at radius 3 is 1.44 bits per heavy atom. The molecule has 18 heavy (non-hydrogen) atoms. The molecule has 0 aromatic carbocycles. The van der Waals surface area contributed by atoms with Gasteiger partial charge in [0.05, 0.1) is 6.10 Å². The normalized spacial score (nSPS) is 17.3. The van der Waals surface area contributed by atoms with Crippen molar-refractivity contribution in [2.75, 3.05) is 0 Å². The highest BCUT2D eigenvalue weighted by Crippen LogP contribution is 2.24. The van der Waals surface area contributed by atoms with Crippen LogP contribution in [0.3, 0.4) is 0 Å². The molecule has 1 N–H and O–H groups in total. The minimum absolute atomic E-state index is 0.130. The molecule has 0 amide bonds. The summed E-state index contributed by atoms with van der Waals surface area (Å²) in [5.74, 6) is 2.43. The number of aliphatic hydroxyl groups excluding tert-OH is 1. The van der Waals surface area contributed by atoms with E-state index < -0.39 is 0 Å². The summed E-state index contributed by atoms with van der Waals surface area (Å²) in [7, 11) is 0. The minimum atomic E-state index is -0.130. The van der Waals surface area contributed by atoms with Gasteiger partial charge in [-0.15, -0.1) is 0 Å². The molecular formula is C17H38O. The molecule has 0 rings (SSSR count). The summed E-state index contributed by atoms with van der Waals surface area (Å²) >= 11 is 0. The van der Waals surface area contributed by atoms with Gasteiger partial charge >= 0.3 is 0 Å². The fourth-order valence-electron chi connectivity index (χ4n) is 1.82.